The minimum Gasteiger partial charge on any atom is -0.493 e. The Labute approximate surface area is 183 Å². The number of rotatable bonds is 12. The number of aliphatic hydroxyl groups is 1. The first kappa shape index (κ1) is 25.1. The van der Waals surface area contributed by atoms with Crippen molar-refractivity contribution in [3.8, 4) is 11.5 Å². The maximum absolute atomic E-state index is 12.8. The number of aliphatic hydroxyl groups excluding tert-OH is 1. The first-order valence-electron chi connectivity index (χ1n) is 11.1. The number of nitrogens with zero attached hydrogens (tertiary/aromatic N) is 2. The van der Waals surface area contributed by atoms with E-state index in [2.05, 4.69) is 25.3 Å². The summed E-state index contributed by atoms with van der Waals surface area (Å²) < 4.78 is 35.9. The van der Waals surface area contributed by atoms with Crippen molar-refractivity contribution < 1.29 is 23.4 Å². The summed E-state index contributed by atoms with van der Waals surface area (Å²) in [5, 5.41) is 16.0. The first-order chi connectivity index (χ1) is 15.0. The Kier molecular flexibility index (Phi) is 11.4. The molecule has 1 aromatic rings. The fourth-order valence-corrected chi connectivity index (χ4v) is 3.34. The van der Waals surface area contributed by atoms with E-state index in [1.54, 1.807) is 12.1 Å². The second kappa shape index (κ2) is 14.0. The number of nitrogens with one attached hydrogen (secondary N) is 2. The molecule has 0 aliphatic carbocycles. The van der Waals surface area contributed by atoms with Crippen molar-refractivity contribution >= 4 is 5.96 Å². The van der Waals surface area contributed by atoms with Crippen LogP contribution in [-0.4, -0.2) is 68.0 Å². The van der Waals surface area contributed by atoms with Gasteiger partial charge in [-0.05, 0) is 51.3 Å². The van der Waals surface area contributed by atoms with Crippen molar-refractivity contribution in [1.82, 2.24) is 15.5 Å². The van der Waals surface area contributed by atoms with Gasteiger partial charge >= 0.3 is 6.61 Å². The van der Waals surface area contributed by atoms with Crippen LogP contribution in [0.15, 0.2) is 23.2 Å². The number of guanidine groups is 1. The van der Waals surface area contributed by atoms with Crippen LogP contribution in [0.3, 0.4) is 0 Å². The van der Waals surface area contributed by atoms with Gasteiger partial charge in [0.1, 0.15) is 11.5 Å². The van der Waals surface area contributed by atoms with Crippen molar-refractivity contribution in [3.63, 3.8) is 0 Å². The van der Waals surface area contributed by atoms with Gasteiger partial charge in [0.15, 0.2) is 5.96 Å². The Morgan fingerprint density at radius 2 is 2.03 bits per heavy atom. The van der Waals surface area contributed by atoms with E-state index in [0.717, 1.165) is 51.9 Å². The first-order valence-corrected chi connectivity index (χ1v) is 11.1. The van der Waals surface area contributed by atoms with Crippen LogP contribution in [0, 0.1) is 0 Å². The maximum Gasteiger partial charge on any atom is 0.387 e. The molecule has 176 valence electrons. The number of piperidine rings is 1. The number of halogens is 2. The van der Waals surface area contributed by atoms with Gasteiger partial charge in [-0.1, -0.05) is 6.92 Å². The predicted molar refractivity (Wildman–Crippen MR) is 118 cm³/mol. The van der Waals surface area contributed by atoms with Crippen LogP contribution >= 0.6 is 0 Å². The lowest BCUT2D eigenvalue weighted by atomic mass is 10.1. The maximum atomic E-state index is 12.8. The summed E-state index contributed by atoms with van der Waals surface area (Å²) in [5.74, 6) is 1.21. The lowest BCUT2D eigenvalue weighted by Crippen LogP contribution is -2.40. The van der Waals surface area contributed by atoms with Crippen LogP contribution in [0.1, 0.15) is 45.1 Å². The second-order valence-corrected chi connectivity index (χ2v) is 7.54. The van der Waals surface area contributed by atoms with Gasteiger partial charge < -0.3 is 30.1 Å². The van der Waals surface area contributed by atoms with Gasteiger partial charge in [-0.15, -0.1) is 0 Å². The Morgan fingerprint density at radius 1 is 1.26 bits per heavy atom. The quantitative estimate of drug-likeness (QED) is 0.262. The zero-order chi connectivity index (χ0) is 22.5. The molecule has 1 aliphatic heterocycles. The Morgan fingerprint density at radius 3 is 2.71 bits per heavy atom. The lowest BCUT2D eigenvalue weighted by Gasteiger charge is -2.29. The van der Waals surface area contributed by atoms with Gasteiger partial charge in [-0.25, -0.2) is 4.99 Å². The summed E-state index contributed by atoms with van der Waals surface area (Å²) in [7, 11) is 0. The van der Waals surface area contributed by atoms with E-state index in [4.69, 9.17) is 4.74 Å². The topological polar surface area (TPSA) is 78.4 Å². The molecule has 1 aromatic carbocycles. The molecule has 1 aliphatic rings. The molecule has 2 rings (SSSR count). The summed E-state index contributed by atoms with van der Waals surface area (Å²) in [6, 6.07) is 4.94. The van der Waals surface area contributed by atoms with E-state index in [1.807, 2.05) is 13.8 Å². The van der Waals surface area contributed by atoms with Crippen LogP contribution in [0.4, 0.5) is 8.78 Å². The van der Waals surface area contributed by atoms with E-state index < -0.39 is 6.61 Å². The highest BCUT2D eigenvalue weighted by molar-refractivity contribution is 5.79. The number of alkyl halides is 2. The largest absolute Gasteiger partial charge is 0.493 e. The molecular formula is C22H36F2N4O3. The molecule has 1 heterocycles. The average molecular weight is 443 g/mol. The summed E-state index contributed by atoms with van der Waals surface area (Å²) >= 11 is 0. The van der Waals surface area contributed by atoms with Crippen LogP contribution in [0.2, 0.25) is 0 Å². The molecule has 1 fully saturated rings. The van der Waals surface area contributed by atoms with Gasteiger partial charge in [-0.2, -0.15) is 8.78 Å². The summed E-state index contributed by atoms with van der Waals surface area (Å²) in [6.45, 7) is 6.02. The Balaban J connectivity index is 1.90. The van der Waals surface area contributed by atoms with Crippen molar-refractivity contribution in [3.05, 3.63) is 23.8 Å². The molecule has 0 spiro atoms. The average Bonchev–Trinajstić information content (AvgIpc) is 2.75. The highest BCUT2D eigenvalue weighted by Crippen LogP contribution is 2.27. The molecule has 0 unspecified atom stereocenters. The molecule has 3 N–H and O–H groups in total. The molecule has 7 nitrogen and oxygen atoms in total. The monoisotopic (exact) mass is 442 g/mol. The van der Waals surface area contributed by atoms with E-state index in [9.17, 15) is 13.9 Å². The molecule has 0 saturated carbocycles. The van der Waals surface area contributed by atoms with Crippen molar-refractivity contribution in [2.45, 2.75) is 58.8 Å². The van der Waals surface area contributed by atoms with E-state index in [0.29, 0.717) is 30.4 Å². The SMILES string of the molecule is CCCOc1ccc(CN=C(NCC)NCCCN2CCC(O)CC2)c(OC(F)F)c1. The highest BCUT2D eigenvalue weighted by Gasteiger charge is 2.16. The second-order valence-electron chi connectivity index (χ2n) is 7.54. The molecular weight excluding hydrogens is 406 g/mol. The van der Waals surface area contributed by atoms with Crippen LogP contribution < -0.4 is 20.1 Å². The summed E-state index contributed by atoms with van der Waals surface area (Å²) in [4.78, 5) is 6.88. The van der Waals surface area contributed by atoms with Crippen molar-refractivity contribution in [2.75, 3.05) is 39.3 Å². The number of benzene rings is 1. The smallest absolute Gasteiger partial charge is 0.387 e. The number of ether oxygens (including phenoxy) is 2. The standard InChI is InChI=1S/C22H36F2N4O3/c1-3-14-30-19-7-6-17(20(15-19)31-21(23)24)16-27-22(25-4-2)26-10-5-11-28-12-8-18(29)9-13-28/h6-7,15,18,21,29H,3-5,8-14,16H2,1-2H3,(H2,25,26,27). The third kappa shape index (κ3) is 9.69. The fourth-order valence-electron chi connectivity index (χ4n) is 3.34. The molecule has 0 radical (unpaired) electrons. The number of hydrogen-bond donors (Lipinski definition) is 3. The number of hydrogen-bond acceptors (Lipinski definition) is 5. The van der Waals surface area contributed by atoms with Gasteiger partial charge in [0.05, 0.1) is 19.3 Å². The highest BCUT2D eigenvalue weighted by atomic mass is 19.3. The van der Waals surface area contributed by atoms with E-state index in [-0.39, 0.29) is 18.4 Å². The third-order valence-corrected chi connectivity index (χ3v) is 4.98. The van der Waals surface area contributed by atoms with Crippen LogP contribution in [0.5, 0.6) is 11.5 Å². The van der Waals surface area contributed by atoms with Gasteiger partial charge in [0, 0.05) is 37.8 Å². The molecule has 31 heavy (non-hydrogen) atoms. The van der Waals surface area contributed by atoms with Crippen molar-refractivity contribution in [2.24, 2.45) is 4.99 Å². The van der Waals surface area contributed by atoms with Gasteiger partial charge in [0.2, 0.25) is 0 Å². The minimum absolute atomic E-state index is 0.0792. The fraction of sp³-hybridized carbons (Fsp3) is 0.682. The summed E-state index contributed by atoms with van der Waals surface area (Å²) in [6.07, 6.45) is 3.29. The third-order valence-electron chi connectivity index (χ3n) is 4.98. The molecule has 9 heteroatoms. The normalized spacial score (nSPS) is 15.9. The molecule has 1 saturated heterocycles. The predicted octanol–water partition coefficient (Wildman–Crippen LogP) is 2.98. The molecule has 0 amide bonds. The van der Waals surface area contributed by atoms with Crippen LogP contribution in [-0.2, 0) is 6.54 Å². The van der Waals surface area contributed by atoms with Crippen LogP contribution in [0.25, 0.3) is 0 Å². The Hall–Kier alpha value is -2.13. The zero-order valence-electron chi connectivity index (χ0n) is 18.6. The van der Waals surface area contributed by atoms with E-state index in [1.165, 1.54) is 6.07 Å². The Bertz CT molecular complexity index is 668. The number of aliphatic imine (C=N–C) groups is 1. The molecule has 0 atom stereocenters. The van der Waals surface area contributed by atoms with Crippen molar-refractivity contribution in [1.29, 1.82) is 0 Å². The summed E-state index contributed by atoms with van der Waals surface area (Å²) in [5.41, 5.74) is 0.563. The van der Waals surface area contributed by atoms with Gasteiger partial charge in [-0.3, -0.25) is 0 Å². The molecule has 0 aromatic heterocycles. The lowest BCUT2D eigenvalue weighted by molar-refractivity contribution is -0.0505. The number of likely N-dealkylation sites (tertiary alicyclic amines) is 1. The molecule has 0 bridgehead atoms. The van der Waals surface area contributed by atoms with E-state index >= 15 is 0 Å². The zero-order valence-corrected chi connectivity index (χ0v) is 18.6. The minimum atomic E-state index is -2.91. The van der Waals surface area contributed by atoms with Gasteiger partial charge in [0.25, 0.3) is 0 Å².